The fourth-order valence-corrected chi connectivity index (χ4v) is 5.81. The highest BCUT2D eigenvalue weighted by molar-refractivity contribution is 9.11. The van der Waals surface area contributed by atoms with Crippen molar-refractivity contribution in [3.8, 4) is 5.75 Å². The zero-order chi connectivity index (χ0) is 26.0. The molecular weight excluding hydrogens is 638 g/mol. The number of halogens is 2. The number of aryl methyl sites for hydroxylation is 1. The van der Waals surface area contributed by atoms with Gasteiger partial charge in [0.2, 0.25) is 0 Å². The van der Waals surface area contributed by atoms with Crippen molar-refractivity contribution in [2.24, 2.45) is 4.99 Å². The zero-order valence-electron chi connectivity index (χ0n) is 18.3. The molecule has 3 aromatic carbocycles. The lowest BCUT2D eigenvalue weighted by atomic mass is 10.2. The number of rotatable bonds is 6. The van der Waals surface area contributed by atoms with Crippen LogP contribution in [0.2, 0.25) is 0 Å². The summed E-state index contributed by atoms with van der Waals surface area (Å²) in [7, 11) is -4.02. The van der Waals surface area contributed by atoms with Crippen LogP contribution >= 0.6 is 43.6 Å². The lowest BCUT2D eigenvalue weighted by molar-refractivity contribution is -0.384. The van der Waals surface area contributed by atoms with Gasteiger partial charge in [-0.2, -0.15) is 8.42 Å². The van der Waals surface area contributed by atoms with Crippen molar-refractivity contribution < 1.29 is 22.3 Å². The third-order valence-corrected chi connectivity index (χ3v) is 8.19. The van der Waals surface area contributed by atoms with Gasteiger partial charge in [-0.1, -0.05) is 23.8 Å². The lowest BCUT2D eigenvalue weighted by Crippen LogP contribution is -2.19. The van der Waals surface area contributed by atoms with Crippen LogP contribution in [-0.4, -0.2) is 24.4 Å². The molecule has 0 spiro atoms. The number of hydrogen-bond donors (Lipinski definition) is 1. The number of amides is 1. The average Bonchev–Trinajstić information content (AvgIpc) is 3.15. The van der Waals surface area contributed by atoms with E-state index in [0.29, 0.717) is 30.3 Å². The number of carbonyl (C=O) groups is 1. The summed E-state index contributed by atoms with van der Waals surface area (Å²) in [6.07, 6.45) is 1.62. The van der Waals surface area contributed by atoms with E-state index in [4.69, 9.17) is 4.18 Å². The van der Waals surface area contributed by atoms with E-state index in [1.165, 1.54) is 36.4 Å². The largest absolute Gasteiger partial charge is 0.378 e. The first-order valence-electron chi connectivity index (χ1n) is 10.1. The van der Waals surface area contributed by atoms with Crippen molar-refractivity contribution >= 4 is 82.3 Å². The van der Waals surface area contributed by atoms with Crippen LogP contribution < -0.4 is 9.50 Å². The van der Waals surface area contributed by atoms with Crippen molar-refractivity contribution in [2.45, 2.75) is 11.8 Å². The molecule has 0 unspecified atom stereocenters. The van der Waals surface area contributed by atoms with E-state index >= 15 is 0 Å². The summed E-state index contributed by atoms with van der Waals surface area (Å²) in [5.74, 6) is -0.262. The third-order valence-electron chi connectivity index (χ3n) is 4.78. The molecule has 3 aromatic rings. The van der Waals surface area contributed by atoms with Crippen LogP contribution in [0, 0.1) is 17.0 Å². The Balaban J connectivity index is 1.52. The number of nitro benzene ring substituents is 1. The van der Waals surface area contributed by atoms with Gasteiger partial charge in [-0.3, -0.25) is 14.9 Å². The van der Waals surface area contributed by atoms with E-state index in [9.17, 15) is 23.3 Å². The summed E-state index contributed by atoms with van der Waals surface area (Å²) >= 11 is 7.68. The maximum atomic E-state index is 12.6. The van der Waals surface area contributed by atoms with E-state index in [1.54, 1.807) is 30.3 Å². The topological polar surface area (TPSA) is 128 Å². The summed E-state index contributed by atoms with van der Waals surface area (Å²) in [6, 6.07) is 15.2. The Morgan fingerprint density at radius 2 is 1.78 bits per heavy atom. The molecule has 1 saturated heterocycles. The number of carbonyl (C=O) groups excluding carboxylic acids is 1. The molecule has 1 heterocycles. The molecule has 36 heavy (non-hydrogen) atoms. The lowest BCUT2D eigenvalue weighted by Gasteiger charge is -2.09. The Morgan fingerprint density at radius 3 is 2.42 bits per heavy atom. The fraction of sp³-hybridized carbons (Fsp3) is 0.0435. The summed E-state index contributed by atoms with van der Waals surface area (Å²) in [4.78, 5) is 27.6. The monoisotopic (exact) mass is 651 g/mol. The smallest absolute Gasteiger partial charge is 0.339 e. The molecule has 9 nitrogen and oxygen atoms in total. The third kappa shape index (κ3) is 6.03. The van der Waals surface area contributed by atoms with Crippen molar-refractivity contribution in [3.05, 3.63) is 95.8 Å². The second-order valence-corrected chi connectivity index (χ2v) is 11.7. The maximum absolute atomic E-state index is 12.6. The first kappa shape index (κ1) is 26.1. The van der Waals surface area contributed by atoms with E-state index in [1.807, 2.05) is 6.92 Å². The minimum absolute atomic E-state index is 0.0386. The van der Waals surface area contributed by atoms with Gasteiger partial charge in [0, 0.05) is 12.1 Å². The molecule has 1 aliphatic rings. The number of aliphatic imine (C=N–C) groups is 1. The molecule has 0 saturated carbocycles. The molecule has 13 heteroatoms. The number of nitrogens with one attached hydrogen (secondary N) is 1. The summed E-state index contributed by atoms with van der Waals surface area (Å²) < 4.78 is 31.2. The predicted molar refractivity (Wildman–Crippen MR) is 145 cm³/mol. The molecular formula is C23H15Br2N3O6S2. The first-order valence-corrected chi connectivity index (χ1v) is 13.9. The highest BCUT2D eigenvalue weighted by atomic mass is 79.9. The van der Waals surface area contributed by atoms with Crippen LogP contribution in [0.25, 0.3) is 6.08 Å². The van der Waals surface area contributed by atoms with Gasteiger partial charge in [0.1, 0.15) is 4.90 Å². The molecule has 4 rings (SSSR count). The van der Waals surface area contributed by atoms with Crippen LogP contribution in [0.3, 0.4) is 0 Å². The molecule has 1 N–H and O–H groups in total. The number of nitro groups is 1. The molecule has 0 radical (unpaired) electrons. The van der Waals surface area contributed by atoms with E-state index in [-0.39, 0.29) is 22.2 Å². The van der Waals surface area contributed by atoms with Crippen molar-refractivity contribution in [1.29, 1.82) is 0 Å². The molecule has 1 amide bonds. The van der Waals surface area contributed by atoms with Gasteiger partial charge in [0.25, 0.3) is 11.6 Å². The summed E-state index contributed by atoms with van der Waals surface area (Å²) in [6.45, 7) is 1.85. The van der Waals surface area contributed by atoms with Crippen molar-refractivity contribution in [3.63, 3.8) is 0 Å². The molecule has 1 aliphatic heterocycles. The van der Waals surface area contributed by atoms with Gasteiger partial charge < -0.3 is 9.50 Å². The summed E-state index contributed by atoms with van der Waals surface area (Å²) in [5, 5.41) is 13.9. The molecule has 0 aliphatic carbocycles. The molecule has 184 valence electrons. The fourth-order valence-electron chi connectivity index (χ4n) is 2.99. The standard InChI is InChI=1S/C23H15Br2N3O6S2/c1-13-2-6-16(7-3-13)36(32,33)34-20-9-4-14(10-18(20)25)11-21-22(29)27-23(35-21)26-19-8-5-15(28(30)31)12-17(19)24/h2-12H,1H3,(H,26,27,29)/b21-11+. The summed E-state index contributed by atoms with van der Waals surface area (Å²) in [5.41, 5.74) is 1.88. The minimum Gasteiger partial charge on any atom is -0.378 e. The van der Waals surface area contributed by atoms with Gasteiger partial charge in [-0.25, -0.2) is 4.99 Å². The average molecular weight is 653 g/mol. The highest BCUT2D eigenvalue weighted by Gasteiger charge is 2.25. The maximum Gasteiger partial charge on any atom is 0.339 e. The number of non-ortho nitro benzene ring substituents is 1. The number of hydrogen-bond acceptors (Lipinski definition) is 8. The molecule has 0 atom stereocenters. The zero-order valence-corrected chi connectivity index (χ0v) is 23.1. The SMILES string of the molecule is Cc1ccc(S(=O)(=O)Oc2ccc(/C=C3/SC(=Nc4ccc([N+](=O)[O-])cc4Br)NC3=O)cc2Br)cc1. The van der Waals surface area contributed by atoms with Crippen LogP contribution in [-0.2, 0) is 14.9 Å². The molecule has 1 fully saturated rings. The number of thioether (sulfide) groups is 1. The van der Waals surface area contributed by atoms with Crippen molar-refractivity contribution in [1.82, 2.24) is 5.32 Å². The van der Waals surface area contributed by atoms with Gasteiger partial charge in [-0.15, -0.1) is 0 Å². The second-order valence-electron chi connectivity index (χ2n) is 7.41. The quantitative estimate of drug-likeness (QED) is 0.148. The van der Waals surface area contributed by atoms with E-state index in [2.05, 4.69) is 42.2 Å². The normalized spacial score (nSPS) is 15.8. The molecule has 0 bridgehead atoms. The van der Waals surface area contributed by atoms with Crippen LogP contribution in [0.1, 0.15) is 11.1 Å². The predicted octanol–water partition coefficient (Wildman–Crippen LogP) is 6.09. The van der Waals surface area contributed by atoms with Crippen LogP contribution in [0.4, 0.5) is 11.4 Å². The number of benzene rings is 3. The van der Waals surface area contributed by atoms with Crippen LogP contribution in [0.5, 0.6) is 5.75 Å². The first-order chi connectivity index (χ1) is 17.0. The van der Waals surface area contributed by atoms with Crippen molar-refractivity contribution in [2.75, 3.05) is 0 Å². The van der Waals surface area contributed by atoms with Gasteiger partial charge in [0.15, 0.2) is 10.9 Å². The Labute approximate surface area is 227 Å². The second kappa shape index (κ2) is 10.5. The van der Waals surface area contributed by atoms with Gasteiger partial charge >= 0.3 is 10.1 Å². The Morgan fingerprint density at radius 1 is 1.06 bits per heavy atom. The Hall–Kier alpha value is -3.00. The number of nitrogens with zero attached hydrogens (tertiary/aromatic N) is 2. The van der Waals surface area contributed by atoms with Gasteiger partial charge in [0.05, 0.1) is 24.5 Å². The van der Waals surface area contributed by atoms with E-state index < -0.39 is 15.0 Å². The number of amidine groups is 1. The minimum atomic E-state index is -4.02. The van der Waals surface area contributed by atoms with E-state index in [0.717, 1.165) is 17.3 Å². The van der Waals surface area contributed by atoms with Crippen LogP contribution in [0.15, 0.2) is 84.4 Å². The van der Waals surface area contributed by atoms with Gasteiger partial charge in [-0.05, 0) is 92.5 Å². The Bertz CT molecular complexity index is 1550. The Kier molecular flexibility index (Phi) is 7.64. The highest BCUT2D eigenvalue weighted by Crippen LogP contribution is 2.34. The molecule has 0 aromatic heterocycles.